The first kappa shape index (κ1) is 14.8. The number of imidazole rings is 1. The quantitative estimate of drug-likeness (QED) is 0.789. The van der Waals surface area contributed by atoms with Crippen LogP contribution in [-0.4, -0.2) is 22.8 Å². The minimum absolute atomic E-state index is 0.349. The Kier molecular flexibility index (Phi) is 5.38. The first-order valence-electron chi connectivity index (χ1n) is 6.51. The number of anilines is 2. The second kappa shape index (κ2) is 7.26. The molecule has 2 rings (SSSR count). The van der Waals surface area contributed by atoms with Crippen molar-refractivity contribution in [2.45, 2.75) is 19.9 Å². The Labute approximate surface area is 122 Å². The number of benzene rings is 1. The van der Waals surface area contributed by atoms with Gasteiger partial charge in [0.05, 0.1) is 0 Å². The molecule has 4 nitrogen and oxygen atoms in total. The summed E-state index contributed by atoms with van der Waals surface area (Å²) in [5.74, 6) is 0.276. The molecule has 1 N–H and O–H groups in total. The Hall–Kier alpha value is -1.59. The van der Waals surface area contributed by atoms with Gasteiger partial charge >= 0.3 is 0 Å². The first-order valence-corrected chi connectivity index (χ1v) is 6.89. The zero-order chi connectivity index (χ0) is 14.4. The van der Waals surface area contributed by atoms with E-state index in [0.717, 1.165) is 19.6 Å². The van der Waals surface area contributed by atoms with Gasteiger partial charge in [0.1, 0.15) is 5.82 Å². The molecule has 0 spiro atoms. The molecule has 0 bridgehead atoms. The van der Waals surface area contributed by atoms with Crippen LogP contribution in [0, 0.1) is 5.82 Å². The van der Waals surface area contributed by atoms with Crippen LogP contribution in [0.25, 0.3) is 0 Å². The maximum Gasteiger partial charge on any atom is 0.207 e. The van der Waals surface area contributed by atoms with Crippen LogP contribution in [0.1, 0.15) is 13.3 Å². The molecule has 108 valence electrons. The van der Waals surface area contributed by atoms with E-state index in [9.17, 15) is 4.39 Å². The van der Waals surface area contributed by atoms with Crippen LogP contribution >= 0.6 is 11.6 Å². The van der Waals surface area contributed by atoms with Gasteiger partial charge in [-0.05, 0) is 31.5 Å². The third-order valence-corrected chi connectivity index (χ3v) is 2.94. The van der Waals surface area contributed by atoms with Gasteiger partial charge in [0.2, 0.25) is 5.95 Å². The predicted molar refractivity (Wildman–Crippen MR) is 78.0 cm³/mol. The summed E-state index contributed by atoms with van der Waals surface area (Å²) in [6.45, 7) is 4.18. The number of nitrogens with zero attached hydrogens (tertiary/aromatic N) is 2. The molecule has 1 aromatic carbocycles. The highest BCUT2D eigenvalue weighted by Gasteiger charge is 2.05. The number of hydrogen-bond acceptors (Lipinski definition) is 3. The molecule has 0 amide bonds. The summed E-state index contributed by atoms with van der Waals surface area (Å²) in [6.07, 6.45) is 4.46. The van der Waals surface area contributed by atoms with Crippen molar-refractivity contribution in [3.8, 4) is 0 Å². The third kappa shape index (κ3) is 4.21. The number of nitrogens with one attached hydrogen (secondary N) is 1. The van der Waals surface area contributed by atoms with Crippen LogP contribution in [0.15, 0.2) is 30.6 Å². The van der Waals surface area contributed by atoms with Gasteiger partial charge in [-0.1, -0.05) is 11.6 Å². The monoisotopic (exact) mass is 297 g/mol. The molecule has 6 heteroatoms. The zero-order valence-electron chi connectivity index (χ0n) is 11.3. The van der Waals surface area contributed by atoms with E-state index in [1.807, 2.05) is 17.7 Å². The minimum Gasteiger partial charge on any atom is -0.382 e. The normalized spacial score (nSPS) is 10.8. The van der Waals surface area contributed by atoms with Crippen LogP contribution in [0.3, 0.4) is 0 Å². The molecule has 0 aliphatic heterocycles. The van der Waals surface area contributed by atoms with Crippen LogP contribution < -0.4 is 5.32 Å². The van der Waals surface area contributed by atoms with Gasteiger partial charge in [-0.3, -0.25) is 0 Å². The molecule has 0 fully saturated rings. The highest BCUT2D eigenvalue weighted by atomic mass is 35.5. The summed E-state index contributed by atoms with van der Waals surface area (Å²) in [4.78, 5) is 4.22. The van der Waals surface area contributed by atoms with E-state index in [2.05, 4.69) is 10.3 Å². The fourth-order valence-corrected chi connectivity index (χ4v) is 2.07. The van der Waals surface area contributed by atoms with Crippen molar-refractivity contribution in [3.05, 3.63) is 41.4 Å². The summed E-state index contributed by atoms with van der Waals surface area (Å²) < 4.78 is 20.5. The number of ether oxygens (including phenoxy) is 1. The van der Waals surface area contributed by atoms with Gasteiger partial charge in [0, 0.05) is 42.9 Å². The van der Waals surface area contributed by atoms with Gasteiger partial charge in [-0.15, -0.1) is 0 Å². The number of aryl methyl sites for hydroxylation is 1. The lowest BCUT2D eigenvalue weighted by molar-refractivity contribution is 0.142. The molecule has 1 heterocycles. The Morgan fingerprint density at radius 2 is 2.25 bits per heavy atom. The maximum atomic E-state index is 13.3. The Morgan fingerprint density at radius 3 is 3.00 bits per heavy atom. The summed E-state index contributed by atoms with van der Waals surface area (Å²) in [5, 5.41) is 3.41. The predicted octanol–water partition coefficient (Wildman–Crippen LogP) is 3.85. The molecule has 0 atom stereocenters. The molecule has 0 aliphatic rings. The first-order chi connectivity index (χ1) is 9.69. The maximum absolute atomic E-state index is 13.3. The smallest absolute Gasteiger partial charge is 0.207 e. The van der Waals surface area contributed by atoms with E-state index < -0.39 is 0 Å². The Balaban J connectivity index is 2.00. The SMILES string of the molecule is CCOCCCn1ccnc1Nc1cc(F)cc(Cl)c1. The Morgan fingerprint density at radius 1 is 1.40 bits per heavy atom. The standard InChI is InChI=1S/C14H17ClFN3O/c1-2-20-7-3-5-19-6-4-17-14(19)18-13-9-11(15)8-12(16)10-13/h4,6,8-10H,2-3,5,7H2,1H3,(H,17,18). The molecule has 0 saturated carbocycles. The molecule has 2 aromatic rings. The van der Waals surface area contributed by atoms with E-state index in [4.69, 9.17) is 16.3 Å². The number of aromatic nitrogens is 2. The largest absolute Gasteiger partial charge is 0.382 e. The topological polar surface area (TPSA) is 39.1 Å². The summed E-state index contributed by atoms with van der Waals surface area (Å²) in [6, 6.07) is 4.30. The van der Waals surface area contributed by atoms with Crippen LogP contribution in [0.4, 0.5) is 16.0 Å². The van der Waals surface area contributed by atoms with E-state index in [0.29, 0.717) is 23.3 Å². The average Bonchev–Trinajstić information content (AvgIpc) is 2.81. The van der Waals surface area contributed by atoms with E-state index in [1.54, 1.807) is 12.3 Å². The van der Waals surface area contributed by atoms with E-state index in [-0.39, 0.29) is 5.82 Å². The second-order valence-corrected chi connectivity index (χ2v) is 4.71. The Bertz CT molecular complexity index is 539. The lowest BCUT2D eigenvalue weighted by Gasteiger charge is -2.10. The fraction of sp³-hybridized carbons (Fsp3) is 0.357. The molecule has 1 aromatic heterocycles. The van der Waals surface area contributed by atoms with Crippen molar-refractivity contribution in [1.82, 2.24) is 9.55 Å². The van der Waals surface area contributed by atoms with Gasteiger partial charge in [-0.25, -0.2) is 9.37 Å². The fourth-order valence-electron chi connectivity index (χ4n) is 1.85. The summed E-state index contributed by atoms with van der Waals surface area (Å²) in [5.41, 5.74) is 0.576. The average molecular weight is 298 g/mol. The highest BCUT2D eigenvalue weighted by molar-refractivity contribution is 6.30. The summed E-state index contributed by atoms with van der Waals surface area (Å²) in [7, 11) is 0. The third-order valence-electron chi connectivity index (χ3n) is 2.73. The number of halogens is 2. The van der Waals surface area contributed by atoms with Crippen molar-refractivity contribution >= 4 is 23.2 Å². The van der Waals surface area contributed by atoms with Gasteiger partial charge < -0.3 is 14.6 Å². The lowest BCUT2D eigenvalue weighted by atomic mass is 10.3. The molecular weight excluding hydrogens is 281 g/mol. The van der Waals surface area contributed by atoms with Crippen molar-refractivity contribution in [3.63, 3.8) is 0 Å². The van der Waals surface area contributed by atoms with Crippen LogP contribution in [-0.2, 0) is 11.3 Å². The highest BCUT2D eigenvalue weighted by Crippen LogP contribution is 2.21. The lowest BCUT2D eigenvalue weighted by Crippen LogP contribution is -2.06. The van der Waals surface area contributed by atoms with Gasteiger partial charge in [0.15, 0.2) is 0 Å². The molecule has 20 heavy (non-hydrogen) atoms. The van der Waals surface area contributed by atoms with Crippen LogP contribution in [0.5, 0.6) is 0 Å². The second-order valence-electron chi connectivity index (χ2n) is 4.28. The molecular formula is C14H17ClFN3O. The van der Waals surface area contributed by atoms with Crippen molar-refractivity contribution < 1.29 is 9.13 Å². The van der Waals surface area contributed by atoms with Crippen molar-refractivity contribution in [2.24, 2.45) is 0 Å². The molecule has 0 unspecified atom stereocenters. The summed E-state index contributed by atoms with van der Waals surface area (Å²) >= 11 is 5.82. The zero-order valence-corrected chi connectivity index (χ0v) is 12.0. The molecule has 0 radical (unpaired) electrons. The van der Waals surface area contributed by atoms with Crippen molar-refractivity contribution in [2.75, 3.05) is 18.5 Å². The van der Waals surface area contributed by atoms with E-state index in [1.165, 1.54) is 12.1 Å². The van der Waals surface area contributed by atoms with Crippen LogP contribution in [0.2, 0.25) is 5.02 Å². The van der Waals surface area contributed by atoms with E-state index >= 15 is 0 Å². The van der Waals surface area contributed by atoms with Crippen molar-refractivity contribution in [1.29, 1.82) is 0 Å². The van der Waals surface area contributed by atoms with Gasteiger partial charge in [-0.2, -0.15) is 0 Å². The van der Waals surface area contributed by atoms with Gasteiger partial charge in [0.25, 0.3) is 0 Å². The minimum atomic E-state index is -0.380. The number of rotatable bonds is 7. The molecule has 0 saturated heterocycles. The molecule has 0 aliphatic carbocycles. The number of hydrogen-bond donors (Lipinski definition) is 1.